The highest BCUT2D eigenvalue weighted by molar-refractivity contribution is 6.09. The van der Waals surface area contributed by atoms with Crippen LogP contribution >= 0.6 is 0 Å². The van der Waals surface area contributed by atoms with E-state index in [1.165, 1.54) is 12.1 Å². The minimum Gasteiger partial charge on any atom is -0.507 e. The predicted molar refractivity (Wildman–Crippen MR) is 83.4 cm³/mol. The van der Waals surface area contributed by atoms with Crippen molar-refractivity contribution in [3.05, 3.63) is 59.7 Å². The van der Waals surface area contributed by atoms with E-state index < -0.39 is 0 Å². The number of ketones is 2. The maximum absolute atomic E-state index is 12.0. The summed E-state index contributed by atoms with van der Waals surface area (Å²) in [4.78, 5) is 23.9. The highest BCUT2D eigenvalue weighted by Gasteiger charge is 2.14. The van der Waals surface area contributed by atoms with E-state index in [1.54, 1.807) is 19.2 Å². The summed E-state index contributed by atoms with van der Waals surface area (Å²) in [7, 11) is 1.60. The van der Waals surface area contributed by atoms with Crippen molar-refractivity contribution in [2.45, 2.75) is 19.3 Å². The summed E-state index contributed by atoms with van der Waals surface area (Å²) in [5.41, 5.74) is 1.21. The fraction of sp³-hybridized carbons (Fsp3) is 0.222. The van der Waals surface area contributed by atoms with Gasteiger partial charge in [0.25, 0.3) is 0 Å². The summed E-state index contributed by atoms with van der Waals surface area (Å²) in [5.74, 6) is 0.196. The molecule has 0 aliphatic carbocycles. The minimum atomic E-state index is -0.349. The van der Waals surface area contributed by atoms with E-state index in [2.05, 4.69) is 0 Å². The first-order chi connectivity index (χ1) is 10.6. The van der Waals surface area contributed by atoms with Gasteiger partial charge in [-0.05, 0) is 36.2 Å². The zero-order chi connectivity index (χ0) is 15.9. The fourth-order valence-corrected chi connectivity index (χ4v) is 2.15. The summed E-state index contributed by atoms with van der Waals surface area (Å²) < 4.78 is 5.07. The first-order valence-corrected chi connectivity index (χ1v) is 7.06. The maximum atomic E-state index is 12.0. The molecule has 0 aliphatic heterocycles. The van der Waals surface area contributed by atoms with Gasteiger partial charge in [0.2, 0.25) is 0 Å². The number of carbonyl (C=O) groups is 2. The van der Waals surface area contributed by atoms with Crippen molar-refractivity contribution in [2.24, 2.45) is 0 Å². The van der Waals surface area contributed by atoms with Gasteiger partial charge in [0, 0.05) is 6.42 Å². The van der Waals surface area contributed by atoms with Crippen LogP contribution in [0.15, 0.2) is 48.5 Å². The molecule has 0 saturated carbocycles. The molecule has 2 aromatic carbocycles. The number of methoxy groups -OCH3 is 1. The molecule has 0 radical (unpaired) electrons. The third-order valence-corrected chi connectivity index (χ3v) is 3.41. The van der Waals surface area contributed by atoms with E-state index in [0.717, 1.165) is 11.3 Å². The molecule has 0 fully saturated rings. The van der Waals surface area contributed by atoms with Crippen molar-refractivity contribution in [2.75, 3.05) is 7.11 Å². The number of carbonyl (C=O) groups excluding carboxylic acids is 2. The highest BCUT2D eigenvalue weighted by Crippen LogP contribution is 2.18. The number of aromatic hydroxyl groups is 1. The molecule has 0 bridgehead atoms. The lowest BCUT2D eigenvalue weighted by Crippen LogP contribution is -2.09. The number of phenolic OH excluding ortho intramolecular Hbond substituents is 1. The van der Waals surface area contributed by atoms with Crippen molar-refractivity contribution < 1.29 is 19.4 Å². The summed E-state index contributed by atoms with van der Waals surface area (Å²) in [6.07, 6.45) is 0.691. The van der Waals surface area contributed by atoms with Crippen molar-refractivity contribution in [1.29, 1.82) is 0 Å². The molecule has 2 aromatic rings. The number of hydrogen-bond acceptors (Lipinski definition) is 4. The van der Waals surface area contributed by atoms with Gasteiger partial charge in [-0.2, -0.15) is 0 Å². The third-order valence-electron chi connectivity index (χ3n) is 3.41. The van der Waals surface area contributed by atoms with Gasteiger partial charge < -0.3 is 9.84 Å². The monoisotopic (exact) mass is 298 g/mol. The Balaban J connectivity index is 1.87. The van der Waals surface area contributed by atoms with Crippen molar-refractivity contribution in [3.63, 3.8) is 0 Å². The van der Waals surface area contributed by atoms with Gasteiger partial charge in [0.05, 0.1) is 19.1 Å². The number of rotatable bonds is 7. The zero-order valence-electron chi connectivity index (χ0n) is 12.4. The molecular weight excluding hydrogens is 280 g/mol. The molecule has 0 unspecified atom stereocenters. The van der Waals surface area contributed by atoms with E-state index in [9.17, 15) is 14.7 Å². The summed E-state index contributed by atoms with van der Waals surface area (Å²) in [6.45, 7) is 0. The van der Waals surface area contributed by atoms with Crippen LogP contribution in [-0.4, -0.2) is 23.8 Å². The normalized spacial score (nSPS) is 10.2. The van der Waals surface area contributed by atoms with Crippen LogP contribution in [0, 0.1) is 0 Å². The van der Waals surface area contributed by atoms with Crippen LogP contribution in [0.25, 0.3) is 0 Å². The molecule has 0 aromatic heterocycles. The third kappa shape index (κ3) is 4.19. The summed E-state index contributed by atoms with van der Waals surface area (Å²) in [6, 6.07) is 13.7. The number of aryl methyl sites for hydroxylation is 1. The predicted octanol–water partition coefficient (Wildman–Crippen LogP) is 3.18. The molecule has 0 aliphatic rings. The Hall–Kier alpha value is -2.62. The van der Waals surface area contributed by atoms with Gasteiger partial charge >= 0.3 is 0 Å². The SMILES string of the molecule is COc1ccc(CCC(=O)CC(=O)c2ccccc2O)cc1. The number of benzene rings is 2. The second kappa shape index (κ2) is 7.41. The number of para-hydroxylation sites is 1. The Labute approximate surface area is 129 Å². The van der Waals surface area contributed by atoms with Crippen LogP contribution < -0.4 is 4.74 Å². The van der Waals surface area contributed by atoms with Crippen LogP contribution in [0.3, 0.4) is 0 Å². The van der Waals surface area contributed by atoms with Crippen LogP contribution in [0.5, 0.6) is 11.5 Å². The number of Topliss-reactive ketones (excluding diaryl/α,β-unsaturated/α-hetero) is 2. The van der Waals surface area contributed by atoms with Crippen LogP contribution in [0.2, 0.25) is 0 Å². The largest absolute Gasteiger partial charge is 0.507 e. The molecule has 4 nitrogen and oxygen atoms in total. The Kier molecular flexibility index (Phi) is 5.31. The van der Waals surface area contributed by atoms with Crippen molar-refractivity contribution in [3.8, 4) is 11.5 Å². The van der Waals surface area contributed by atoms with Gasteiger partial charge in [-0.1, -0.05) is 24.3 Å². The molecule has 1 N–H and O–H groups in total. The van der Waals surface area contributed by atoms with E-state index >= 15 is 0 Å². The van der Waals surface area contributed by atoms with Crippen molar-refractivity contribution in [1.82, 2.24) is 0 Å². The minimum absolute atomic E-state index is 0.0875. The topological polar surface area (TPSA) is 63.6 Å². The summed E-state index contributed by atoms with van der Waals surface area (Å²) in [5, 5.41) is 9.61. The zero-order valence-corrected chi connectivity index (χ0v) is 12.4. The molecule has 0 saturated heterocycles. The van der Waals surface area contributed by atoms with Gasteiger partial charge in [0.15, 0.2) is 5.78 Å². The van der Waals surface area contributed by atoms with E-state index in [1.807, 2.05) is 24.3 Å². The Bertz CT molecular complexity index is 659. The maximum Gasteiger partial charge on any atom is 0.173 e. The first-order valence-electron chi connectivity index (χ1n) is 7.06. The standard InChI is InChI=1S/C18H18O4/c1-22-15-10-7-13(8-11-15)6-9-14(19)12-18(21)16-4-2-3-5-17(16)20/h2-5,7-8,10-11,20H,6,9,12H2,1H3. The van der Waals surface area contributed by atoms with Gasteiger partial charge in [-0.25, -0.2) is 0 Å². The van der Waals surface area contributed by atoms with Crippen LogP contribution in [-0.2, 0) is 11.2 Å². The second-order valence-electron chi connectivity index (χ2n) is 5.00. The van der Waals surface area contributed by atoms with Gasteiger partial charge in [0.1, 0.15) is 17.3 Å². The summed E-state index contributed by atoms with van der Waals surface area (Å²) >= 11 is 0. The van der Waals surface area contributed by atoms with Crippen LogP contribution in [0.1, 0.15) is 28.8 Å². The Morgan fingerprint density at radius 1 is 1.05 bits per heavy atom. The Morgan fingerprint density at radius 2 is 1.73 bits per heavy atom. The van der Waals surface area contributed by atoms with Crippen molar-refractivity contribution >= 4 is 11.6 Å². The molecule has 4 heteroatoms. The molecule has 0 spiro atoms. The average Bonchev–Trinajstić information content (AvgIpc) is 2.53. The van der Waals surface area contributed by atoms with E-state index in [-0.39, 0.29) is 29.3 Å². The average molecular weight is 298 g/mol. The lowest BCUT2D eigenvalue weighted by Gasteiger charge is -2.04. The molecule has 0 heterocycles. The smallest absolute Gasteiger partial charge is 0.173 e. The number of hydrogen-bond donors (Lipinski definition) is 1. The number of ether oxygens (including phenoxy) is 1. The molecule has 0 atom stereocenters. The first kappa shape index (κ1) is 15.8. The van der Waals surface area contributed by atoms with Gasteiger partial charge in [-0.15, -0.1) is 0 Å². The molecular formula is C18H18O4. The van der Waals surface area contributed by atoms with E-state index in [0.29, 0.717) is 12.8 Å². The van der Waals surface area contributed by atoms with Crippen LogP contribution in [0.4, 0.5) is 0 Å². The molecule has 22 heavy (non-hydrogen) atoms. The lowest BCUT2D eigenvalue weighted by molar-refractivity contribution is -0.118. The Morgan fingerprint density at radius 3 is 2.36 bits per heavy atom. The number of phenols is 1. The molecule has 114 valence electrons. The molecule has 2 rings (SSSR count). The fourth-order valence-electron chi connectivity index (χ4n) is 2.15. The lowest BCUT2D eigenvalue weighted by atomic mass is 10.0. The highest BCUT2D eigenvalue weighted by atomic mass is 16.5. The van der Waals surface area contributed by atoms with Gasteiger partial charge in [-0.3, -0.25) is 9.59 Å². The second-order valence-corrected chi connectivity index (χ2v) is 5.00. The van der Waals surface area contributed by atoms with E-state index in [4.69, 9.17) is 4.74 Å². The molecule has 0 amide bonds. The quantitative estimate of drug-likeness (QED) is 0.630.